The summed E-state index contributed by atoms with van der Waals surface area (Å²) in [5.41, 5.74) is 0. The monoisotopic (exact) mass is 368 g/mol. The van der Waals surface area contributed by atoms with Crippen LogP contribution in [0.25, 0.3) is 0 Å². The van der Waals surface area contributed by atoms with Gasteiger partial charge in [0.2, 0.25) is 0 Å². The molecule has 12 heteroatoms. The predicted octanol–water partition coefficient (Wildman–Crippen LogP) is 1.10. The Morgan fingerprint density at radius 2 is 1.39 bits per heavy atom. The van der Waals surface area contributed by atoms with Crippen LogP contribution in [0, 0.1) is 0 Å². The zero-order valence-corrected chi connectivity index (χ0v) is 13.4. The third-order valence-corrected chi connectivity index (χ3v) is 3.94. The van der Waals surface area contributed by atoms with Crippen LogP contribution in [-0.4, -0.2) is 36.2 Å². The standard InChI is InChI=1S/C11H17F7O3S.Li/c1-2-3-4-5-6-7-8(12)9(13,14)10(15,16)11(17,18)22(19,20)21;/h8H,2-7H2,1H3,(H,19,20,21);/q;+1/p-1. The summed E-state index contributed by atoms with van der Waals surface area (Å²) in [6.07, 6.45) is -2.87. The van der Waals surface area contributed by atoms with Crippen molar-refractivity contribution in [1.82, 2.24) is 0 Å². The van der Waals surface area contributed by atoms with E-state index in [2.05, 4.69) is 0 Å². The van der Waals surface area contributed by atoms with Crippen LogP contribution in [0.4, 0.5) is 30.7 Å². The zero-order valence-electron chi connectivity index (χ0n) is 12.6. The summed E-state index contributed by atoms with van der Waals surface area (Å²) in [6.45, 7) is 1.83. The molecule has 0 fully saturated rings. The number of alkyl halides is 7. The fraction of sp³-hybridized carbons (Fsp3) is 1.00. The molecule has 0 amide bonds. The summed E-state index contributed by atoms with van der Waals surface area (Å²) in [6, 6.07) is 0. The maximum Gasteiger partial charge on any atom is 1.00 e. The van der Waals surface area contributed by atoms with E-state index in [1.807, 2.05) is 6.92 Å². The Hall–Kier alpha value is 0.0174. The first-order valence-corrected chi connectivity index (χ1v) is 7.87. The minimum Gasteiger partial charge on any atom is -0.743 e. The van der Waals surface area contributed by atoms with Crippen molar-refractivity contribution in [3.63, 3.8) is 0 Å². The molecule has 0 aromatic carbocycles. The van der Waals surface area contributed by atoms with E-state index in [1.54, 1.807) is 0 Å². The molecule has 134 valence electrons. The van der Waals surface area contributed by atoms with Crippen molar-refractivity contribution in [3.05, 3.63) is 0 Å². The average Bonchev–Trinajstić information content (AvgIpc) is 2.36. The Bertz CT molecular complexity index is 457. The first kappa shape index (κ1) is 25.3. The van der Waals surface area contributed by atoms with Gasteiger partial charge in [-0.2, -0.15) is 26.3 Å². The van der Waals surface area contributed by atoms with Gasteiger partial charge in [-0.05, 0) is 6.42 Å². The van der Waals surface area contributed by atoms with Crippen molar-refractivity contribution < 1.29 is 62.6 Å². The molecule has 1 unspecified atom stereocenters. The van der Waals surface area contributed by atoms with E-state index in [0.29, 0.717) is 12.8 Å². The molecule has 0 aromatic heterocycles. The van der Waals surface area contributed by atoms with E-state index in [4.69, 9.17) is 0 Å². The van der Waals surface area contributed by atoms with Gasteiger partial charge in [0.05, 0.1) is 0 Å². The van der Waals surface area contributed by atoms with Gasteiger partial charge >= 0.3 is 36.0 Å². The number of rotatable bonds is 10. The molecule has 0 aromatic rings. The Labute approximate surface area is 141 Å². The predicted molar refractivity (Wildman–Crippen MR) is 62.8 cm³/mol. The molecule has 0 aliphatic carbocycles. The molecule has 0 spiro atoms. The Morgan fingerprint density at radius 1 is 0.957 bits per heavy atom. The molecule has 0 aliphatic heterocycles. The van der Waals surface area contributed by atoms with Gasteiger partial charge in [-0.25, -0.2) is 12.8 Å². The van der Waals surface area contributed by atoms with Gasteiger partial charge < -0.3 is 4.55 Å². The Kier molecular flexibility index (Phi) is 9.80. The normalized spacial score (nSPS) is 15.2. The average molecular weight is 368 g/mol. The van der Waals surface area contributed by atoms with E-state index in [0.717, 1.165) is 6.42 Å². The van der Waals surface area contributed by atoms with Crippen LogP contribution >= 0.6 is 0 Å². The molecule has 0 bridgehead atoms. The van der Waals surface area contributed by atoms with Crippen molar-refractivity contribution in [3.8, 4) is 0 Å². The Morgan fingerprint density at radius 3 is 1.78 bits per heavy atom. The SMILES string of the molecule is CCCCCCCC(F)C(F)(F)C(F)(F)C(F)(F)S(=O)(=O)[O-].[Li+]. The maximum atomic E-state index is 13.2. The van der Waals surface area contributed by atoms with Crippen molar-refractivity contribution in [2.75, 3.05) is 0 Å². The van der Waals surface area contributed by atoms with Crippen LogP contribution in [0.15, 0.2) is 0 Å². The zero-order chi connectivity index (χ0) is 17.8. The molecule has 0 saturated heterocycles. The molecule has 0 heterocycles. The number of halogens is 7. The summed E-state index contributed by atoms with van der Waals surface area (Å²) in [5, 5.41) is -6.62. The topological polar surface area (TPSA) is 57.2 Å². The van der Waals surface area contributed by atoms with Crippen LogP contribution in [0.2, 0.25) is 0 Å². The summed E-state index contributed by atoms with van der Waals surface area (Å²) >= 11 is 0. The smallest absolute Gasteiger partial charge is 0.743 e. The molecule has 0 saturated carbocycles. The van der Waals surface area contributed by atoms with Crippen molar-refractivity contribution in [1.29, 1.82) is 0 Å². The molecule has 23 heavy (non-hydrogen) atoms. The second-order valence-electron chi connectivity index (χ2n) is 4.84. The summed E-state index contributed by atoms with van der Waals surface area (Å²) < 4.78 is 121. The second kappa shape index (κ2) is 8.92. The summed E-state index contributed by atoms with van der Waals surface area (Å²) in [4.78, 5) is 0. The quantitative estimate of drug-likeness (QED) is 0.251. The first-order chi connectivity index (χ1) is 9.73. The van der Waals surface area contributed by atoms with Crippen LogP contribution in [-0.2, 0) is 10.1 Å². The Balaban J connectivity index is 0. The van der Waals surface area contributed by atoms with Gasteiger partial charge in [0.25, 0.3) is 0 Å². The van der Waals surface area contributed by atoms with Crippen LogP contribution in [0.1, 0.15) is 45.4 Å². The molecular formula is C11H16F7LiO3S. The molecule has 0 radical (unpaired) electrons. The van der Waals surface area contributed by atoms with Crippen molar-refractivity contribution in [2.45, 2.75) is 68.7 Å². The largest absolute Gasteiger partial charge is 1.00 e. The van der Waals surface area contributed by atoms with Gasteiger partial charge in [-0.15, -0.1) is 0 Å². The first-order valence-electron chi connectivity index (χ1n) is 6.46. The minimum absolute atomic E-state index is 0. The fourth-order valence-electron chi connectivity index (χ4n) is 1.66. The van der Waals surface area contributed by atoms with Gasteiger partial charge in [-0.3, -0.25) is 0 Å². The number of hydrogen-bond donors (Lipinski definition) is 0. The van der Waals surface area contributed by atoms with E-state index in [-0.39, 0.29) is 31.7 Å². The third-order valence-electron chi connectivity index (χ3n) is 3.05. The second-order valence-corrected chi connectivity index (χ2v) is 6.26. The van der Waals surface area contributed by atoms with Gasteiger partial charge in [0, 0.05) is 0 Å². The molecule has 0 N–H and O–H groups in total. The summed E-state index contributed by atoms with van der Waals surface area (Å²) in [7, 11) is -7.09. The van der Waals surface area contributed by atoms with Crippen LogP contribution < -0.4 is 18.9 Å². The third kappa shape index (κ3) is 5.51. The van der Waals surface area contributed by atoms with E-state index < -0.39 is 39.8 Å². The maximum absolute atomic E-state index is 13.2. The number of unbranched alkanes of at least 4 members (excludes halogenated alkanes) is 4. The van der Waals surface area contributed by atoms with Crippen molar-refractivity contribution >= 4 is 10.1 Å². The molecule has 0 rings (SSSR count). The molecule has 1 atom stereocenters. The minimum atomic E-state index is -7.09. The van der Waals surface area contributed by atoms with E-state index >= 15 is 0 Å². The van der Waals surface area contributed by atoms with E-state index in [1.165, 1.54) is 0 Å². The van der Waals surface area contributed by atoms with Crippen LogP contribution in [0.5, 0.6) is 0 Å². The summed E-state index contributed by atoms with van der Waals surface area (Å²) in [5.74, 6) is -12.6. The van der Waals surface area contributed by atoms with Gasteiger partial charge in [0.1, 0.15) is 0 Å². The number of hydrogen-bond acceptors (Lipinski definition) is 3. The fourth-order valence-corrected chi connectivity index (χ4v) is 2.11. The van der Waals surface area contributed by atoms with Gasteiger partial charge in [0.15, 0.2) is 16.3 Å². The molecule has 0 aliphatic rings. The van der Waals surface area contributed by atoms with Gasteiger partial charge in [-0.1, -0.05) is 39.0 Å². The van der Waals surface area contributed by atoms with Crippen molar-refractivity contribution in [2.24, 2.45) is 0 Å². The van der Waals surface area contributed by atoms with E-state index in [9.17, 15) is 43.7 Å². The van der Waals surface area contributed by atoms with Crippen LogP contribution in [0.3, 0.4) is 0 Å². The molecule has 3 nitrogen and oxygen atoms in total. The molecular weight excluding hydrogens is 352 g/mol.